The molecule has 2 N–H and O–H groups in total. The lowest BCUT2D eigenvalue weighted by Crippen LogP contribution is -2.32. The lowest BCUT2D eigenvalue weighted by Gasteiger charge is -2.18. The second-order valence-electron chi connectivity index (χ2n) is 5.74. The summed E-state index contributed by atoms with van der Waals surface area (Å²) in [5, 5.41) is 0. The van der Waals surface area contributed by atoms with Gasteiger partial charge < -0.3 is 15.4 Å². The topological polar surface area (TPSA) is 55.6 Å². The maximum absolute atomic E-state index is 13.5. The Morgan fingerprint density at radius 2 is 1.96 bits per heavy atom. The van der Waals surface area contributed by atoms with Gasteiger partial charge in [0.05, 0.1) is 12.7 Å². The van der Waals surface area contributed by atoms with Crippen LogP contribution in [0.5, 0.6) is 5.75 Å². The quantitative estimate of drug-likeness (QED) is 0.946. The minimum Gasteiger partial charge on any atom is -0.496 e. The van der Waals surface area contributed by atoms with Crippen LogP contribution >= 0.6 is 0 Å². The van der Waals surface area contributed by atoms with E-state index < -0.39 is 5.82 Å². The van der Waals surface area contributed by atoms with Crippen LogP contribution in [-0.2, 0) is 0 Å². The van der Waals surface area contributed by atoms with Crippen molar-refractivity contribution in [1.82, 2.24) is 4.90 Å². The summed E-state index contributed by atoms with van der Waals surface area (Å²) in [5.74, 6) is -0.264. The van der Waals surface area contributed by atoms with Crippen LogP contribution in [0.15, 0.2) is 48.5 Å². The first-order valence-electron chi connectivity index (χ1n) is 7.53. The highest BCUT2D eigenvalue weighted by atomic mass is 19.1. The predicted octanol–water partition coefficient (Wildman–Crippen LogP) is 2.40. The first-order valence-corrected chi connectivity index (χ1v) is 7.53. The average Bonchev–Trinajstić information content (AvgIpc) is 2.97. The van der Waals surface area contributed by atoms with Gasteiger partial charge >= 0.3 is 0 Å². The van der Waals surface area contributed by atoms with Crippen LogP contribution in [0.2, 0.25) is 0 Å². The van der Waals surface area contributed by atoms with E-state index in [9.17, 15) is 9.18 Å². The predicted molar refractivity (Wildman–Crippen MR) is 86.0 cm³/mol. The first kappa shape index (κ1) is 15.5. The van der Waals surface area contributed by atoms with Gasteiger partial charge in [0.2, 0.25) is 0 Å². The van der Waals surface area contributed by atoms with Gasteiger partial charge in [-0.3, -0.25) is 4.79 Å². The summed E-state index contributed by atoms with van der Waals surface area (Å²) in [7, 11) is 1.46. The van der Waals surface area contributed by atoms with E-state index in [1.807, 2.05) is 30.3 Å². The van der Waals surface area contributed by atoms with Crippen LogP contribution in [0.3, 0.4) is 0 Å². The zero-order valence-electron chi connectivity index (χ0n) is 12.9. The van der Waals surface area contributed by atoms with Gasteiger partial charge in [0.1, 0.15) is 11.6 Å². The van der Waals surface area contributed by atoms with Gasteiger partial charge in [0, 0.05) is 25.0 Å². The highest BCUT2D eigenvalue weighted by Crippen LogP contribution is 2.29. The molecule has 2 atom stereocenters. The summed E-state index contributed by atoms with van der Waals surface area (Å²) in [6, 6.07) is 13.7. The normalized spacial score (nSPS) is 20.6. The molecule has 0 bridgehead atoms. The number of amides is 1. The number of benzene rings is 2. The third-order valence-corrected chi connectivity index (χ3v) is 4.27. The summed E-state index contributed by atoms with van der Waals surface area (Å²) in [5.41, 5.74) is 7.56. The summed E-state index contributed by atoms with van der Waals surface area (Å²) >= 11 is 0. The van der Waals surface area contributed by atoms with E-state index in [1.54, 1.807) is 4.90 Å². The van der Waals surface area contributed by atoms with E-state index >= 15 is 0 Å². The molecule has 1 amide bonds. The largest absolute Gasteiger partial charge is 0.496 e. The molecular formula is C18H19FN2O2. The number of nitrogens with two attached hydrogens (primary N) is 1. The highest BCUT2D eigenvalue weighted by molar-refractivity contribution is 5.97. The summed E-state index contributed by atoms with van der Waals surface area (Å²) in [6.07, 6.45) is 0. The highest BCUT2D eigenvalue weighted by Gasteiger charge is 2.35. The van der Waals surface area contributed by atoms with Crippen molar-refractivity contribution in [3.8, 4) is 5.75 Å². The van der Waals surface area contributed by atoms with E-state index in [-0.39, 0.29) is 23.4 Å². The number of halogens is 1. The van der Waals surface area contributed by atoms with Crippen molar-refractivity contribution in [2.75, 3.05) is 20.2 Å². The SMILES string of the molecule is COc1ccc(F)cc1C(=O)N1C[C@@H](N)[C@H](c2ccccc2)C1. The van der Waals surface area contributed by atoms with Gasteiger partial charge in [-0.05, 0) is 23.8 Å². The Kier molecular flexibility index (Phi) is 4.30. The fraction of sp³-hybridized carbons (Fsp3) is 0.278. The van der Waals surface area contributed by atoms with Gasteiger partial charge in [-0.25, -0.2) is 4.39 Å². The molecule has 1 saturated heterocycles. The molecule has 0 aliphatic carbocycles. The van der Waals surface area contributed by atoms with Gasteiger partial charge in [-0.15, -0.1) is 0 Å². The van der Waals surface area contributed by atoms with Crippen molar-refractivity contribution in [1.29, 1.82) is 0 Å². The number of methoxy groups -OCH3 is 1. The Bertz CT molecular complexity index is 705. The maximum Gasteiger partial charge on any atom is 0.257 e. The summed E-state index contributed by atoms with van der Waals surface area (Å²) in [6.45, 7) is 0.960. The molecule has 0 saturated carbocycles. The Hall–Kier alpha value is -2.40. The van der Waals surface area contributed by atoms with Crippen molar-refractivity contribution >= 4 is 5.91 Å². The number of rotatable bonds is 3. The Labute approximate surface area is 134 Å². The zero-order chi connectivity index (χ0) is 16.4. The minimum atomic E-state index is -0.461. The van der Waals surface area contributed by atoms with E-state index in [0.717, 1.165) is 5.56 Å². The molecule has 0 spiro atoms. The molecule has 0 unspecified atom stereocenters. The zero-order valence-corrected chi connectivity index (χ0v) is 12.9. The van der Waals surface area contributed by atoms with Crippen molar-refractivity contribution in [2.45, 2.75) is 12.0 Å². The molecule has 0 radical (unpaired) electrons. The molecule has 5 heteroatoms. The molecular weight excluding hydrogens is 295 g/mol. The van der Waals surface area contributed by atoms with E-state index in [4.69, 9.17) is 10.5 Å². The average molecular weight is 314 g/mol. The fourth-order valence-corrected chi connectivity index (χ4v) is 3.07. The molecule has 2 aromatic rings. The lowest BCUT2D eigenvalue weighted by molar-refractivity contribution is 0.0785. The number of likely N-dealkylation sites (tertiary alicyclic amines) is 1. The molecule has 3 rings (SSSR count). The Morgan fingerprint density at radius 3 is 2.65 bits per heavy atom. The molecule has 1 heterocycles. The summed E-state index contributed by atoms with van der Waals surface area (Å²) in [4.78, 5) is 14.4. The van der Waals surface area contributed by atoms with Crippen LogP contribution < -0.4 is 10.5 Å². The monoisotopic (exact) mass is 314 g/mol. The molecule has 2 aromatic carbocycles. The molecule has 1 aliphatic rings. The molecule has 1 aliphatic heterocycles. The number of hydrogen-bond acceptors (Lipinski definition) is 3. The van der Waals surface area contributed by atoms with E-state index in [2.05, 4.69) is 0 Å². The number of hydrogen-bond donors (Lipinski definition) is 1. The van der Waals surface area contributed by atoms with Gasteiger partial charge in [-0.1, -0.05) is 30.3 Å². The molecule has 120 valence electrons. The number of ether oxygens (including phenoxy) is 1. The van der Waals surface area contributed by atoms with Crippen molar-refractivity contribution in [3.05, 3.63) is 65.5 Å². The van der Waals surface area contributed by atoms with Crippen molar-refractivity contribution in [3.63, 3.8) is 0 Å². The number of carbonyl (C=O) groups excluding carboxylic acids is 1. The van der Waals surface area contributed by atoms with Crippen LogP contribution in [0.25, 0.3) is 0 Å². The van der Waals surface area contributed by atoms with E-state index in [1.165, 1.54) is 25.3 Å². The summed E-state index contributed by atoms with van der Waals surface area (Å²) < 4.78 is 18.7. The maximum atomic E-state index is 13.5. The fourth-order valence-electron chi connectivity index (χ4n) is 3.07. The van der Waals surface area contributed by atoms with Gasteiger partial charge in [0.15, 0.2) is 0 Å². The standard InChI is InChI=1S/C18H19FN2O2/c1-23-17-8-7-13(19)9-14(17)18(22)21-10-15(16(20)11-21)12-5-3-2-4-6-12/h2-9,15-16H,10-11,20H2,1H3/t15-,16+/m0/s1. The molecule has 23 heavy (non-hydrogen) atoms. The second-order valence-corrected chi connectivity index (χ2v) is 5.74. The third-order valence-electron chi connectivity index (χ3n) is 4.27. The smallest absolute Gasteiger partial charge is 0.257 e. The lowest BCUT2D eigenvalue weighted by atomic mass is 9.95. The van der Waals surface area contributed by atoms with Crippen LogP contribution in [0.4, 0.5) is 4.39 Å². The Morgan fingerprint density at radius 1 is 1.22 bits per heavy atom. The van der Waals surface area contributed by atoms with Gasteiger partial charge in [0.25, 0.3) is 5.91 Å². The molecule has 1 fully saturated rings. The Balaban J connectivity index is 1.83. The number of nitrogens with zero attached hydrogens (tertiary/aromatic N) is 1. The minimum absolute atomic E-state index is 0.0831. The van der Waals surface area contributed by atoms with Crippen LogP contribution in [0, 0.1) is 5.82 Å². The van der Waals surface area contributed by atoms with Crippen molar-refractivity contribution < 1.29 is 13.9 Å². The third kappa shape index (κ3) is 3.05. The molecule has 0 aromatic heterocycles. The van der Waals surface area contributed by atoms with Crippen molar-refractivity contribution in [2.24, 2.45) is 5.73 Å². The van der Waals surface area contributed by atoms with Gasteiger partial charge in [-0.2, -0.15) is 0 Å². The van der Waals surface area contributed by atoms with Crippen LogP contribution in [0.1, 0.15) is 21.8 Å². The van der Waals surface area contributed by atoms with Crippen LogP contribution in [-0.4, -0.2) is 37.0 Å². The molecule has 4 nitrogen and oxygen atoms in total. The van der Waals surface area contributed by atoms with E-state index in [0.29, 0.717) is 18.8 Å². The second kappa shape index (κ2) is 6.38. The first-order chi connectivity index (χ1) is 11.1. The number of carbonyl (C=O) groups is 1.